The van der Waals surface area contributed by atoms with E-state index in [-0.39, 0.29) is 5.54 Å². The summed E-state index contributed by atoms with van der Waals surface area (Å²) < 4.78 is 0. The van der Waals surface area contributed by atoms with Gasteiger partial charge in [-0.05, 0) is 39.7 Å². The molecule has 1 nitrogen and oxygen atoms in total. The zero-order valence-corrected chi connectivity index (χ0v) is 9.41. The first-order chi connectivity index (χ1) is 5.45. The summed E-state index contributed by atoms with van der Waals surface area (Å²) in [4.78, 5) is 0. The molecule has 0 aliphatic carbocycles. The monoisotopic (exact) mass is 171 g/mol. The zero-order chi connectivity index (χ0) is 9.61. The molecule has 12 heavy (non-hydrogen) atoms. The summed E-state index contributed by atoms with van der Waals surface area (Å²) in [7, 11) is 0. The molecule has 0 amide bonds. The van der Waals surface area contributed by atoms with Gasteiger partial charge in [0.2, 0.25) is 0 Å². The van der Waals surface area contributed by atoms with Gasteiger partial charge in [0.15, 0.2) is 0 Å². The number of rotatable bonds is 5. The summed E-state index contributed by atoms with van der Waals surface area (Å²) in [5, 5.41) is 3.53. The molecule has 0 aromatic carbocycles. The zero-order valence-electron chi connectivity index (χ0n) is 9.41. The molecule has 1 unspecified atom stereocenters. The molecule has 0 aromatic rings. The molecule has 0 radical (unpaired) electrons. The van der Waals surface area contributed by atoms with E-state index in [9.17, 15) is 0 Å². The van der Waals surface area contributed by atoms with Crippen LogP contribution in [0.25, 0.3) is 0 Å². The van der Waals surface area contributed by atoms with E-state index >= 15 is 0 Å². The Morgan fingerprint density at radius 3 is 2.25 bits per heavy atom. The molecule has 0 rings (SSSR count). The average molecular weight is 171 g/mol. The van der Waals surface area contributed by atoms with E-state index in [4.69, 9.17) is 0 Å². The molecule has 0 aliphatic heterocycles. The topological polar surface area (TPSA) is 12.0 Å². The maximum absolute atomic E-state index is 3.53. The third-order valence-electron chi connectivity index (χ3n) is 2.03. The van der Waals surface area contributed by atoms with Crippen LogP contribution >= 0.6 is 0 Å². The Morgan fingerprint density at radius 2 is 1.83 bits per heavy atom. The van der Waals surface area contributed by atoms with Gasteiger partial charge in [-0.2, -0.15) is 0 Å². The molecule has 0 aromatic heterocycles. The second-order valence-corrected chi connectivity index (χ2v) is 4.88. The summed E-state index contributed by atoms with van der Waals surface area (Å²) >= 11 is 0. The van der Waals surface area contributed by atoms with Crippen LogP contribution in [0.4, 0.5) is 0 Å². The van der Waals surface area contributed by atoms with E-state index in [2.05, 4.69) is 39.9 Å². The molecule has 0 aliphatic rings. The Bertz CT molecular complexity index is 102. The van der Waals surface area contributed by atoms with Gasteiger partial charge in [0.25, 0.3) is 0 Å². The Morgan fingerprint density at radius 1 is 1.25 bits per heavy atom. The fraction of sp³-hybridized carbons (Fsp3) is 1.00. The number of nitrogens with one attached hydrogen (secondary N) is 1. The van der Waals surface area contributed by atoms with E-state index in [0.717, 1.165) is 12.5 Å². The Kier molecular flexibility index (Phi) is 5.56. The van der Waals surface area contributed by atoms with Crippen LogP contribution in [-0.2, 0) is 0 Å². The van der Waals surface area contributed by atoms with Crippen LogP contribution < -0.4 is 5.32 Å². The van der Waals surface area contributed by atoms with Crippen LogP contribution in [0.1, 0.15) is 53.9 Å². The molecule has 1 atom stereocenters. The Hall–Kier alpha value is -0.0400. The fourth-order valence-corrected chi connectivity index (χ4v) is 1.14. The van der Waals surface area contributed by atoms with E-state index in [1.807, 2.05) is 0 Å². The third-order valence-corrected chi connectivity index (χ3v) is 2.03. The smallest absolute Gasteiger partial charge is 0.00966 e. The molecule has 74 valence electrons. The Labute approximate surface area is 77.9 Å². The van der Waals surface area contributed by atoms with Crippen molar-refractivity contribution in [2.75, 3.05) is 6.54 Å². The molecule has 1 N–H and O–H groups in total. The maximum atomic E-state index is 3.53. The second-order valence-electron chi connectivity index (χ2n) is 4.88. The average Bonchev–Trinajstić information content (AvgIpc) is 1.95. The molecule has 0 bridgehead atoms. The van der Waals surface area contributed by atoms with Gasteiger partial charge in [0, 0.05) is 5.54 Å². The molecule has 0 saturated heterocycles. The van der Waals surface area contributed by atoms with Crippen LogP contribution in [0.3, 0.4) is 0 Å². The van der Waals surface area contributed by atoms with Crippen LogP contribution in [0.5, 0.6) is 0 Å². The number of hydrogen-bond acceptors (Lipinski definition) is 1. The predicted octanol–water partition coefficient (Wildman–Crippen LogP) is 3.20. The van der Waals surface area contributed by atoms with Crippen molar-refractivity contribution in [2.45, 2.75) is 59.4 Å². The van der Waals surface area contributed by atoms with Gasteiger partial charge in [-0.25, -0.2) is 0 Å². The minimum Gasteiger partial charge on any atom is -0.312 e. The SMILES string of the molecule is CCCCC(C)CNC(C)(C)C. The molecule has 0 heterocycles. The molecule has 0 saturated carbocycles. The van der Waals surface area contributed by atoms with E-state index in [1.54, 1.807) is 0 Å². The van der Waals surface area contributed by atoms with Crippen molar-refractivity contribution in [3.63, 3.8) is 0 Å². The summed E-state index contributed by atoms with van der Waals surface area (Å²) in [6.07, 6.45) is 4.05. The second kappa shape index (κ2) is 5.58. The van der Waals surface area contributed by atoms with Gasteiger partial charge in [-0.15, -0.1) is 0 Å². The number of unbranched alkanes of at least 4 members (excludes halogenated alkanes) is 1. The van der Waals surface area contributed by atoms with Gasteiger partial charge in [0.05, 0.1) is 0 Å². The molecule has 0 fully saturated rings. The van der Waals surface area contributed by atoms with Crippen molar-refractivity contribution in [2.24, 2.45) is 5.92 Å². The first kappa shape index (κ1) is 12.0. The third kappa shape index (κ3) is 8.06. The van der Waals surface area contributed by atoms with Gasteiger partial charge in [-0.1, -0.05) is 26.7 Å². The van der Waals surface area contributed by atoms with Gasteiger partial charge >= 0.3 is 0 Å². The number of hydrogen-bond donors (Lipinski definition) is 1. The van der Waals surface area contributed by atoms with Crippen LogP contribution in [0.2, 0.25) is 0 Å². The van der Waals surface area contributed by atoms with Crippen molar-refractivity contribution in [1.82, 2.24) is 5.32 Å². The van der Waals surface area contributed by atoms with Gasteiger partial charge in [-0.3, -0.25) is 0 Å². The predicted molar refractivity (Wildman–Crippen MR) is 56.4 cm³/mol. The highest BCUT2D eigenvalue weighted by Crippen LogP contribution is 2.08. The lowest BCUT2D eigenvalue weighted by molar-refractivity contribution is 0.368. The standard InChI is InChI=1S/C11H25N/c1-6-7-8-10(2)9-12-11(3,4)5/h10,12H,6-9H2,1-5H3. The minimum absolute atomic E-state index is 0.278. The largest absolute Gasteiger partial charge is 0.312 e. The fourth-order valence-electron chi connectivity index (χ4n) is 1.14. The lowest BCUT2D eigenvalue weighted by atomic mass is 10.0. The molecule has 0 spiro atoms. The summed E-state index contributed by atoms with van der Waals surface area (Å²) in [6, 6.07) is 0. The van der Waals surface area contributed by atoms with Crippen molar-refractivity contribution < 1.29 is 0 Å². The minimum atomic E-state index is 0.278. The summed E-state index contributed by atoms with van der Waals surface area (Å²) in [5.74, 6) is 0.823. The first-order valence-electron chi connectivity index (χ1n) is 5.20. The molecular formula is C11H25N. The van der Waals surface area contributed by atoms with E-state index in [1.165, 1.54) is 19.3 Å². The maximum Gasteiger partial charge on any atom is 0.00966 e. The van der Waals surface area contributed by atoms with Crippen LogP contribution in [0.15, 0.2) is 0 Å². The van der Waals surface area contributed by atoms with E-state index < -0.39 is 0 Å². The van der Waals surface area contributed by atoms with Crippen molar-refractivity contribution >= 4 is 0 Å². The van der Waals surface area contributed by atoms with E-state index in [0.29, 0.717) is 0 Å². The van der Waals surface area contributed by atoms with Gasteiger partial charge < -0.3 is 5.32 Å². The lowest BCUT2D eigenvalue weighted by Gasteiger charge is -2.23. The first-order valence-corrected chi connectivity index (χ1v) is 5.20. The Balaban J connectivity index is 3.37. The normalized spacial score (nSPS) is 14.8. The molecular weight excluding hydrogens is 146 g/mol. The highest BCUT2D eigenvalue weighted by molar-refractivity contribution is 4.71. The summed E-state index contributed by atoms with van der Waals surface area (Å²) in [6.45, 7) is 12.4. The highest BCUT2D eigenvalue weighted by atomic mass is 14.9. The summed E-state index contributed by atoms with van der Waals surface area (Å²) in [5.41, 5.74) is 0.278. The van der Waals surface area contributed by atoms with Gasteiger partial charge in [0.1, 0.15) is 0 Å². The quantitative estimate of drug-likeness (QED) is 0.670. The van der Waals surface area contributed by atoms with Crippen molar-refractivity contribution in [3.05, 3.63) is 0 Å². The van der Waals surface area contributed by atoms with Crippen LogP contribution in [-0.4, -0.2) is 12.1 Å². The molecule has 1 heteroatoms. The highest BCUT2D eigenvalue weighted by Gasteiger charge is 2.10. The van der Waals surface area contributed by atoms with Crippen molar-refractivity contribution in [3.8, 4) is 0 Å². The van der Waals surface area contributed by atoms with Crippen molar-refractivity contribution in [1.29, 1.82) is 0 Å². The van der Waals surface area contributed by atoms with Crippen LogP contribution in [0, 0.1) is 5.92 Å². The lowest BCUT2D eigenvalue weighted by Crippen LogP contribution is -2.38.